The standard InChI is InChI=1S/C21H32N4O2.HI/c1-25(2)20(26)14-23-21(24-18-8-4-5-9-18)22-13-17-7-3-6-10-19(17)27-15-16-11-12-16;/h3,6-7,10,16,18H,4-5,8-9,11-15H2,1-2H3,(H2,22,23,24);1H. The summed E-state index contributed by atoms with van der Waals surface area (Å²) in [6.07, 6.45) is 7.37. The molecule has 0 saturated heterocycles. The van der Waals surface area contributed by atoms with E-state index in [2.05, 4.69) is 16.7 Å². The van der Waals surface area contributed by atoms with E-state index in [1.807, 2.05) is 18.2 Å². The van der Waals surface area contributed by atoms with Crippen molar-refractivity contribution in [2.75, 3.05) is 27.2 Å². The van der Waals surface area contributed by atoms with Crippen LogP contribution in [0.1, 0.15) is 44.1 Å². The first kappa shape index (κ1) is 22.8. The molecule has 0 heterocycles. The van der Waals surface area contributed by atoms with Crippen LogP contribution in [0.15, 0.2) is 29.3 Å². The summed E-state index contributed by atoms with van der Waals surface area (Å²) in [5, 5.41) is 6.67. The monoisotopic (exact) mass is 500 g/mol. The number of carbonyl (C=O) groups excluding carboxylic acids is 1. The molecule has 6 nitrogen and oxygen atoms in total. The van der Waals surface area contributed by atoms with Crippen LogP contribution in [0.2, 0.25) is 0 Å². The molecule has 0 spiro atoms. The molecule has 2 N–H and O–H groups in total. The summed E-state index contributed by atoms with van der Waals surface area (Å²) in [4.78, 5) is 18.2. The number of benzene rings is 1. The minimum absolute atomic E-state index is 0. The van der Waals surface area contributed by atoms with Gasteiger partial charge in [-0.3, -0.25) is 4.79 Å². The highest BCUT2D eigenvalue weighted by Gasteiger charge is 2.22. The molecule has 0 bridgehead atoms. The fraction of sp³-hybridized carbons (Fsp3) is 0.619. The molecule has 0 radical (unpaired) electrons. The Labute approximate surface area is 185 Å². The highest BCUT2D eigenvalue weighted by atomic mass is 127. The van der Waals surface area contributed by atoms with Gasteiger partial charge in [-0.1, -0.05) is 31.0 Å². The van der Waals surface area contributed by atoms with E-state index < -0.39 is 0 Å². The number of para-hydroxylation sites is 1. The molecule has 156 valence electrons. The van der Waals surface area contributed by atoms with Crippen molar-refractivity contribution in [3.05, 3.63) is 29.8 Å². The fourth-order valence-corrected chi connectivity index (χ4v) is 3.17. The molecule has 1 amide bonds. The van der Waals surface area contributed by atoms with Gasteiger partial charge in [-0.25, -0.2) is 4.99 Å². The third-order valence-electron chi connectivity index (χ3n) is 5.15. The number of aliphatic imine (C=N–C) groups is 1. The van der Waals surface area contributed by atoms with Gasteiger partial charge in [0.1, 0.15) is 5.75 Å². The second kappa shape index (κ2) is 11.5. The van der Waals surface area contributed by atoms with Crippen LogP contribution in [0.5, 0.6) is 5.75 Å². The molecule has 2 aliphatic rings. The molecule has 2 fully saturated rings. The molecule has 2 saturated carbocycles. The number of ether oxygens (including phenoxy) is 1. The molecule has 0 aromatic heterocycles. The quantitative estimate of drug-likeness (QED) is 0.327. The normalized spacial score (nSPS) is 17.0. The van der Waals surface area contributed by atoms with Crippen LogP contribution in [-0.2, 0) is 11.3 Å². The van der Waals surface area contributed by atoms with Crippen molar-refractivity contribution < 1.29 is 9.53 Å². The van der Waals surface area contributed by atoms with E-state index >= 15 is 0 Å². The molecule has 3 rings (SSSR count). The average Bonchev–Trinajstić information content (AvgIpc) is 3.36. The van der Waals surface area contributed by atoms with E-state index in [4.69, 9.17) is 9.73 Å². The number of hydrogen-bond acceptors (Lipinski definition) is 3. The van der Waals surface area contributed by atoms with Crippen molar-refractivity contribution in [3.63, 3.8) is 0 Å². The Kier molecular flexibility index (Phi) is 9.34. The lowest BCUT2D eigenvalue weighted by Crippen LogP contribution is -2.46. The summed E-state index contributed by atoms with van der Waals surface area (Å²) in [5.74, 6) is 2.37. The Morgan fingerprint density at radius 1 is 1.18 bits per heavy atom. The summed E-state index contributed by atoms with van der Waals surface area (Å²) >= 11 is 0. The average molecular weight is 500 g/mol. The molecule has 0 unspecified atom stereocenters. The van der Waals surface area contributed by atoms with E-state index in [1.165, 1.54) is 25.7 Å². The lowest BCUT2D eigenvalue weighted by atomic mass is 10.2. The van der Waals surface area contributed by atoms with Crippen molar-refractivity contribution in [1.82, 2.24) is 15.5 Å². The molecular formula is C21H33IN4O2. The Balaban J connectivity index is 0.00000280. The number of guanidine groups is 1. The van der Waals surface area contributed by atoms with Gasteiger partial charge >= 0.3 is 0 Å². The Morgan fingerprint density at radius 3 is 2.57 bits per heavy atom. The maximum absolute atomic E-state index is 11.9. The Bertz CT molecular complexity index is 656. The van der Waals surface area contributed by atoms with Crippen molar-refractivity contribution >= 4 is 35.8 Å². The first-order valence-electron chi connectivity index (χ1n) is 10.1. The predicted octanol–water partition coefficient (Wildman–Crippen LogP) is 3.16. The van der Waals surface area contributed by atoms with Gasteiger partial charge in [-0.15, -0.1) is 24.0 Å². The fourth-order valence-electron chi connectivity index (χ4n) is 3.17. The zero-order valence-corrected chi connectivity index (χ0v) is 19.3. The number of carbonyl (C=O) groups is 1. The maximum atomic E-state index is 11.9. The number of halogens is 1. The Morgan fingerprint density at radius 2 is 1.89 bits per heavy atom. The predicted molar refractivity (Wildman–Crippen MR) is 123 cm³/mol. The zero-order valence-electron chi connectivity index (χ0n) is 16.9. The van der Waals surface area contributed by atoms with Crippen molar-refractivity contribution in [2.45, 2.75) is 51.1 Å². The van der Waals surface area contributed by atoms with Gasteiger partial charge in [0.2, 0.25) is 5.91 Å². The zero-order chi connectivity index (χ0) is 19.1. The summed E-state index contributed by atoms with van der Waals surface area (Å²) in [5.41, 5.74) is 1.07. The molecule has 28 heavy (non-hydrogen) atoms. The van der Waals surface area contributed by atoms with Gasteiger partial charge in [0.25, 0.3) is 0 Å². The third kappa shape index (κ3) is 7.48. The van der Waals surface area contributed by atoms with Crippen LogP contribution in [0.4, 0.5) is 0 Å². The minimum atomic E-state index is 0. The van der Waals surface area contributed by atoms with E-state index in [0.717, 1.165) is 36.7 Å². The summed E-state index contributed by atoms with van der Waals surface area (Å²) in [7, 11) is 3.53. The number of hydrogen-bond donors (Lipinski definition) is 2. The van der Waals surface area contributed by atoms with Crippen molar-refractivity contribution in [3.8, 4) is 5.75 Å². The number of amides is 1. The highest BCUT2D eigenvalue weighted by molar-refractivity contribution is 14.0. The van der Waals surface area contributed by atoms with Gasteiger partial charge in [0.15, 0.2) is 5.96 Å². The highest BCUT2D eigenvalue weighted by Crippen LogP contribution is 2.30. The van der Waals surface area contributed by atoms with E-state index in [0.29, 0.717) is 18.5 Å². The summed E-state index contributed by atoms with van der Waals surface area (Å²) in [6.45, 7) is 1.56. The molecular weight excluding hydrogens is 467 g/mol. The molecule has 0 aliphatic heterocycles. The lowest BCUT2D eigenvalue weighted by Gasteiger charge is -2.19. The third-order valence-corrected chi connectivity index (χ3v) is 5.15. The van der Waals surface area contributed by atoms with Crippen molar-refractivity contribution in [1.29, 1.82) is 0 Å². The van der Waals surface area contributed by atoms with Crippen LogP contribution in [0.3, 0.4) is 0 Å². The van der Waals surface area contributed by atoms with Crippen LogP contribution in [0, 0.1) is 5.92 Å². The lowest BCUT2D eigenvalue weighted by molar-refractivity contribution is -0.127. The van der Waals surface area contributed by atoms with E-state index in [1.54, 1.807) is 19.0 Å². The molecule has 1 aromatic carbocycles. The van der Waals surface area contributed by atoms with Crippen LogP contribution >= 0.6 is 24.0 Å². The van der Waals surface area contributed by atoms with Crippen LogP contribution in [0.25, 0.3) is 0 Å². The minimum Gasteiger partial charge on any atom is -0.493 e. The second-order valence-electron chi connectivity index (χ2n) is 7.79. The van der Waals surface area contributed by atoms with Gasteiger partial charge in [-0.05, 0) is 37.7 Å². The number of nitrogens with one attached hydrogen (secondary N) is 2. The van der Waals surface area contributed by atoms with Crippen LogP contribution in [-0.4, -0.2) is 50.1 Å². The van der Waals surface area contributed by atoms with Gasteiger partial charge < -0.3 is 20.3 Å². The van der Waals surface area contributed by atoms with Crippen LogP contribution < -0.4 is 15.4 Å². The number of rotatable bonds is 8. The number of nitrogens with zero attached hydrogens (tertiary/aromatic N) is 2. The first-order chi connectivity index (χ1) is 13.1. The Hall–Kier alpha value is -1.51. The largest absolute Gasteiger partial charge is 0.493 e. The second-order valence-corrected chi connectivity index (χ2v) is 7.79. The smallest absolute Gasteiger partial charge is 0.241 e. The maximum Gasteiger partial charge on any atom is 0.241 e. The molecule has 7 heteroatoms. The molecule has 1 aromatic rings. The summed E-state index contributed by atoms with van der Waals surface area (Å²) in [6, 6.07) is 8.53. The summed E-state index contributed by atoms with van der Waals surface area (Å²) < 4.78 is 5.99. The SMILES string of the molecule is CN(C)C(=O)CNC(=NCc1ccccc1OCC1CC1)NC1CCCC1.I. The van der Waals surface area contributed by atoms with E-state index in [9.17, 15) is 4.79 Å². The van der Waals surface area contributed by atoms with Gasteiger partial charge in [0, 0.05) is 25.7 Å². The van der Waals surface area contributed by atoms with Crippen molar-refractivity contribution in [2.24, 2.45) is 10.9 Å². The molecule has 0 atom stereocenters. The topological polar surface area (TPSA) is 66.0 Å². The molecule has 2 aliphatic carbocycles. The van der Waals surface area contributed by atoms with Gasteiger partial charge in [-0.2, -0.15) is 0 Å². The van der Waals surface area contributed by atoms with Gasteiger partial charge in [0.05, 0.1) is 19.7 Å². The first-order valence-corrected chi connectivity index (χ1v) is 10.1. The van der Waals surface area contributed by atoms with E-state index in [-0.39, 0.29) is 36.4 Å². The number of likely N-dealkylation sites (N-methyl/N-ethyl adjacent to an activating group) is 1.